The van der Waals surface area contributed by atoms with Crippen molar-refractivity contribution in [3.63, 3.8) is 0 Å². The Bertz CT molecular complexity index is 515. The Labute approximate surface area is 88.3 Å². The van der Waals surface area contributed by atoms with Gasteiger partial charge in [0, 0.05) is 24.4 Å². The van der Waals surface area contributed by atoms with Gasteiger partial charge in [-0.2, -0.15) is 0 Å². The Kier molecular flexibility index (Phi) is 1.85. The Morgan fingerprint density at radius 3 is 2.73 bits per heavy atom. The van der Waals surface area contributed by atoms with Gasteiger partial charge in [-0.15, -0.1) is 0 Å². The molecule has 0 saturated heterocycles. The van der Waals surface area contributed by atoms with Crippen LogP contribution < -0.4 is 0 Å². The molecule has 0 fully saturated rings. The van der Waals surface area contributed by atoms with E-state index in [9.17, 15) is 0 Å². The molecule has 2 nitrogen and oxygen atoms in total. The van der Waals surface area contributed by atoms with Crippen molar-refractivity contribution in [2.24, 2.45) is 4.99 Å². The number of aliphatic imine (C=N–C) groups is 1. The van der Waals surface area contributed by atoms with Crippen LogP contribution in [0.5, 0.6) is 0 Å². The van der Waals surface area contributed by atoms with Crippen LogP contribution in [0.25, 0.3) is 0 Å². The highest BCUT2D eigenvalue weighted by atomic mass is 14.8. The molecule has 0 atom stereocenters. The topological polar surface area (TPSA) is 25.2 Å². The highest BCUT2D eigenvalue weighted by Crippen LogP contribution is 2.27. The molecule has 0 bridgehead atoms. The molecule has 2 heterocycles. The van der Waals surface area contributed by atoms with Gasteiger partial charge < -0.3 is 0 Å². The molecule has 0 N–H and O–H groups in total. The largest absolute Gasteiger partial charge is 0.264 e. The summed E-state index contributed by atoms with van der Waals surface area (Å²) in [5.74, 6) is 0. The van der Waals surface area contributed by atoms with E-state index in [1.165, 1.54) is 5.56 Å². The molecule has 0 radical (unpaired) electrons. The van der Waals surface area contributed by atoms with E-state index in [-0.39, 0.29) is 0 Å². The van der Waals surface area contributed by atoms with E-state index in [1.54, 1.807) is 6.20 Å². The second-order valence-electron chi connectivity index (χ2n) is 3.61. The van der Waals surface area contributed by atoms with Crippen LogP contribution in [0.4, 0.5) is 5.69 Å². The minimum Gasteiger partial charge on any atom is -0.264 e. The average molecular weight is 194 g/mol. The molecule has 0 saturated carbocycles. The molecule has 1 aromatic carbocycles. The highest BCUT2D eigenvalue weighted by molar-refractivity contribution is 6.06. The number of benzene rings is 1. The zero-order valence-electron chi connectivity index (χ0n) is 8.22. The fraction of sp³-hybridized carbons (Fsp3) is 0.0769. The second-order valence-corrected chi connectivity index (χ2v) is 3.61. The summed E-state index contributed by atoms with van der Waals surface area (Å²) >= 11 is 0. The average Bonchev–Trinajstić information content (AvgIpc) is 2.74. The maximum Gasteiger partial charge on any atom is 0.0669 e. The monoisotopic (exact) mass is 194 g/mol. The van der Waals surface area contributed by atoms with Crippen molar-refractivity contribution < 1.29 is 0 Å². The van der Waals surface area contributed by atoms with Crippen LogP contribution in [0.3, 0.4) is 0 Å². The summed E-state index contributed by atoms with van der Waals surface area (Å²) in [4.78, 5) is 8.71. The van der Waals surface area contributed by atoms with Gasteiger partial charge in [-0.05, 0) is 17.7 Å². The summed E-state index contributed by atoms with van der Waals surface area (Å²) < 4.78 is 0. The number of hydrogen-bond acceptors (Lipinski definition) is 2. The molecule has 0 aliphatic carbocycles. The first-order valence-electron chi connectivity index (χ1n) is 4.99. The zero-order valence-corrected chi connectivity index (χ0v) is 8.22. The van der Waals surface area contributed by atoms with Gasteiger partial charge in [0.15, 0.2) is 0 Å². The van der Waals surface area contributed by atoms with Crippen LogP contribution in [0, 0.1) is 0 Å². The van der Waals surface area contributed by atoms with Gasteiger partial charge in [-0.3, -0.25) is 9.98 Å². The molecule has 2 heteroatoms. The molecule has 15 heavy (non-hydrogen) atoms. The predicted octanol–water partition coefficient (Wildman–Crippen LogP) is 2.76. The number of fused-ring (bicyclic) bond motifs is 1. The molecule has 2 aromatic rings. The van der Waals surface area contributed by atoms with Crippen molar-refractivity contribution >= 4 is 11.4 Å². The van der Waals surface area contributed by atoms with Gasteiger partial charge in [0.25, 0.3) is 0 Å². The third kappa shape index (κ3) is 1.44. The lowest BCUT2D eigenvalue weighted by atomic mass is 10.1. The number of nitrogens with zero attached hydrogens (tertiary/aromatic N) is 2. The zero-order chi connectivity index (χ0) is 10.1. The van der Waals surface area contributed by atoms with E-state index >= 15 is 0 Å². The lowest BCUT2D eigenvalue weighted by Gasteiger charge is -1.97. The van der Waals surface area contributed by atoms with E-state index in [4.69, 9.17) is 0 Å². The minimum absolute atomic E-state index is 0.919. The highest BCUT2D eigenvalue weighted by Gasteiger charge is 2.14. The fourth-order valence-electron chi connectivity index (χ4n) is 1.83. The molecular formula is C13H10N2. The summed E-state index contributed by atoms with van der Waals surface area (Å²) in [6, 6.07) is 12.3. The SMILES string of the molecule is c1cncc(C2=Nc3ccccc3C2)c1. The maximum atomic E-state index is 4.60. The van der Waals surface area contributed by atoms with Crippen molar-refractivity contribution in [1.82, 2.24) is 4.98 Å². The molecule has 1 aliphatic rings. The summed E-state index contributed by atoms with van der Waals surface area (Å²) in [7, 11) is 0. The van der Waals surface area contributed by atoms with Gasteiger partial charge >= 0.3 is 0 Å². The lowest BCUT2D eigenvalue weighted by Crippen LogP contribution is -2.00. The quantitative estimate of drug-likeness (QED) is 0.685. The Hall–Kier alpha value is -1.96. The van der Waals surface area contributed by atoms with Crippen LogP contribution in [0.1, 0.15) is 11.1 Å². The second kappa shape index (κ2) is 3.31. The minimum atomic E-state index is 0.919. The van der Waals surface area contributed by atoms with Crippen molar-refractivity contribution in [1.29, 1.82) is 0 Å². The molecular weight excluding hydrogens is 184 g/mol. The van der Waals surface area contributed by atoms with Crippen molar-refractivity contribution in [3.8, 4) is 0 Å². The van der Waals surface area contributed by atoms with Crippen molar-refractivity contribution in [2.45, 2.75) is 6.42 Å². The summed E-state index contributed by atoms with van der Waals surface area (Å²) in [5.41, 5.74) is 4.63. The van der Waals surface area contributed by atoms with Gasteiger partial charge in [0.05, 0.1) is 11.4 Å². The molecule has 3 rings (SSSR count). The van der Waals surface area contributed by atoms with Crippen LogP contribution in [0.2, 0.25) is 0 Å². The van der Waals surface area contributed by atoms with Crippen LogP contribution in [-0.4, -0.2) is 10.7 Å². The first kappa shape index (κ1) is 8.36. The Morgan fingerprint density at radius 1 is 1.00 bits per heavy atom. The summed E-state index contributed by atoms with van der Waals surface area (Å²) in [6.45, 7) is 0. The van der Waals surface area contributed by atoms with Crippen LogP contribution >= 0.6 is 0 Å². The van der Waals surface area contributed by atoms with E-state index < -0.39 is 0 Å². The molecule has 1 aromatic heterocycles. The number of pyridine rings is 1. The predicted molar refractivity (Wildman–Crippen MR) is 60.6 cm³/mol. The van der Waals surface area contributed by atoms with E-state index in [0.29, 0.717) is 0 Å². The van der Waals surface area contributed by atoms with E-state index in [2.05, 4.69) is 34.2 Å². The maximum absolute atomic E-state index is 4.60. The molecule has 0 amide bonds. The van der Waals surface area contributed by atoms with E-state index in [0.717, 1.165) is 23.4 Å². The first-order valence-corrected chi connectivity index (χ1v) is 4.99. The lowest BCUT2D eigenvalue weighted by molar-refractivity contribution is 1.30. The van der Waals surface area contributed by atoms with Crippen molar-refractivity contribution in [3.05, 3.63) is 59.9 Å². The third-order valence-corrected chi connectivity index (χ3v) is 2.60. The smallest absolute Gasteiger partial charge is 0.0669 e. The van der Waals surface area contributed by atoms with Crippen LogP contribution in [-0.2, 0) is 6.42 Å². The molecule has 0 unspecified atom stereocenters. The van der Waals surface area contributed by atoms with Crippen LogP contribution in [0.15, 0.2) is 53.8 Å². The number of rotatable bonds is 1. The van der Waals surface area contributed by atoms with Gasteiger partial charge in [0.2, 0.25) is 0 Å². The summed E-state index contributed by atoms with van der Waals surface area (Å²) in [5, 5.41) is 0. The first-order chi connectivity index (χ1) is 7.43. The summed E-state index contributed by atoms with van der Waals surface area (Å²) in [6.07, 6.45) is 4.57. The number of hydrogen-bond donors (Lipinski definition) is 0. The third-order valence-electron chi connectivity index (χ3n) is 2.60. The van der Waals surface area contributed by atoms with E-state index in [1.807, 2.05) is 18.3 Å². The molecule has 0 spiro atoms. The Balaban J connectivity index is 2.02. The Morgan fingerprint density at radius 2 is 1.93 bits per heavy atom. The molecule has 72 valence electrons. The fourth-order valence-corrected chi connectivity index (χ4v) is 1.83. The van der Waals surface area contributed by atoms with Gasteiger partial charge in [-0.25, -0.2) is 0 Å². The number of aromatic nitrogens is 1. The van der Waals surface area contributed by atoms with Gasteiger partial charge in [-0.1, -0.05) is 24.3 Å². The normalized spacial score (nSPS) is 13.5. The number of para-hydroxylation sites is 1. The van der Waals surface area contributed by atoms with Crippen molar-refractivity contribution in [2.75, 3.05) is 0 Å². The standard InChI is InChI=1S/C13H10N2/c1-2-6-12-10(4-1)8-13(15-12)11-5-3-7-14-9-11/h1-7,9H,8H2. The molecule has 1 aliphatic heterocycles. The van der Waals surface area contributed by atoms with Gasteiger partial charge in [0.1, 0.15) is 0 Å².